The molecule has 0 aliphatic rings. The molecule has 0 spiro atoms. The van der Waals surface area contributed by atoms with Crippen molar-refractivity contribution in [2.24, 2.45) is 0 Å². The summed E-state index contributed by atoms with van der Waals surface area (Å²) in [4.78, 5) is 2.44. The standard InChI is InChI=1S/C68H48N2Si/c1-5-20-54(21-6-1)70-66-33-16-15-31-64(66)68-63(32-18-34-67(68)70)51-41-45-56(46-42-51)69(55-43-39-49(40-44-55)53-38-37-52-36-35-50-19-13-14-30-62(50)65(52)47-53)57-22-17-29-61(48-57)71(58-23-7-2-8-24-58,59-25-9-3-10-26-59)60-27-11-4-12-28-60/h1-48H. The molecule has 0 saturated carbocycles. The Morgan fingerprint density at radius 2 is 0.761 bits per heavy atom. The van der Waals surface area contributed by atoms with Gasteiger partial charge in [0.1, 0.15) is 0 Å². The van der Waals surface area contributed by atoms with E-state index in [9.17, 15) is 0 Å². The highest BCUT2D eigenvalue weighted by Gasteiger charge is 2.41. The number of para-hydroxylation sites is 2. The summed E-state index contributed by atoms with van der Waals surface area (Å²) in [5, 5.41) is 12.9. The molecule has 0 unspecified atom stereocenters. The molecule has 13 rings (SSSR count). The first-order valence-electron chi connectivity index (χ1n) is 24.5. The number of hydrogen-bond acceptors (Lipinski definition) is 1. The molecule has 334 valence electrons. The van der Waals surface area contributed by atoms with Crippen LogP contribution in [0.15, 0.2) is 291 Å². The molecule has 1 aromatic heterocycles. The highest BCUT2D eigenvalue weighted by atomic mass is 28.3. The van der Waals surface area contributed by atoms with Crippen LogP contribution in [0.25, 0.3) is 71.3 Å². The van der Waals surface area contributed by atoms with E-state index in [1.165, 1.54) is 86.4 Å². The lowest BCUT2D eigenvalue weighted by Crippen LogP contribution is -2.74. The Hall–Kier alpha value is -9.02. The third kappa shape index (κ3) is 7.26. The maximum absolute atomic E-state index is 2.83. The molecule has 0 saturated heterocycles. The second kappa shape index (κ2) is 17.8. The third-order valence-corrected chi connectivity index (χ3v) is 19.3. The molecule has 0 N–H and O–H groups in total. The fourth-order valence-electron chi connectivity index (χ4n) is 11.3. The number of anilines is 3. The summed E-state index contributed by atoms with van der Waals surface area (Å²) in [5.41, 5.74) is 11.6. The molecule has 0 bridgehead atoms. The van der Waals surface area contributed by atoms with Gasteiger partial charge in [0.15, 0.2) is 8.07 Å². The van der Waals surface area contributed by atoms with Gasteiger partial charge in [0.05, 0.1) is 11.0 Å². The summed E-state index contributed by atoms with van der Waals surface area (Å²) in [7, 11) is -2.83. The lowest BCUT2D eigenvalue weighted by molar-refractivity contribution is 1.18. The number of hydrogen-bond donors (Lipinski definition) is 0. The topological polar surface area (TPSA) is 8.17 Å². The van der Waals surface area contributed by atoms with E-state index in [2.05, 4.69) is 301 Å². The maximum atomic E-state index is 2.47. The molecule has 1 heterocycles. The van der Waals surface area contributed by atoms with Gasteiger partial charge >= 0.3 is 0 Å². The Labute approximate surface area is 415 Å². The van der Waals surface area contributed by atoms with Gasteiger partial charge in [0.2, 0.25) is 0 Å². The van der Waals surface area contributed by atoms with E-state index in [-0.39, 0.29) is 0 Å². The van der Waals surface area contributed by atoms with E-state index in [1.807, 2.05) is 0 Å². The summed E-state index contributed by atoms with van der Waals surface area (Å²) in [6.45, 7) is 0. The van der Waals surface area contributed by atoms with E-state index in [0.717, 1.165) is 22.7 Å². The van der Waals surface area contributed by atoms with Crippen LogP contribution in [0.4, 0.5) is 17.1 Å². The number of fused-ring (bicyclic) bond motifs is 6. The number of nitrogens with zero attached hydrogens (tertiary/aromatic N) is 2. The van der Waals surface area contributed by atoms with E-state index in [1.54, 1.807) is 0 Å². The van der Waals surface area contributed by atoms with E-state index >= 15 is 0 Å². The minimum atomic E-state index is -2.83. The van der Waals surface area contributed by atoms with Gasteiger partial charge in [0, 0.05) is 33.5 Å². The van der Waals surface area contributed by atoms with Crippen molar-refractivity contribution in [1.82, 2.24) is 4.57 Å². The zero-order chi connectivity index (χ0) is 47.1. The molecule has 13 aromatic rings. The summed E-state index contributed by atoms with van der Waals surface area (Å²) >= 11 is 0. The van der Waals surface area contributed by atoms with Crippen molar-refractivity contribution in [2.75, 3.05) is 4.90 Å². The summed E-state index contributed by atoms with van der Waals surface area (Å²) in [6.07, 6.45) is 0. The van der Waals surface area contributed by atoms with Gasteiger partial charge in [-0.25, -0.2) is 0 Å². The Kier molecular flexibility index (Phi) is 10.6. The first-order chi connectivity index (χ1) is 35.2. The van der Waals surface area contributed by atoms with Crippen LogP contribution in [0.2, 0.25) is 0 Å². The van der Waals surface area contributed by atoms with Crippen molar-refractivity contribution < 1.29 is 0 Å². The Balaban J connectivity index is 0.977. The molecule has 71 heavy (non-hydrogen) atoms. The molecular formula is C68H48N2Si. The highest BCUT2D eigenvalue weighted by Crippen LogP contribution is 2.41. The quantitative estimate of drug-likeness (QED) is 0.0754. The molecule has 0 radical (unpaired) electrons. The Bertz CT molecular complexity index is 3920. The molecule has 3 heteroatoms. The maximum Gasteiger partial charge on any atom is 0.179 e. The van der Waals surface area contributed by atoms with Crippen LogP contribution in [0.5, 0.6) is 0 Å². The van der Waals surface area contributed by atoms with Crippen molar-refractivity contribution in [3.8, 4) is 27.9 Å². The van der Waals surface area contributed by atoms with Crippen LogP contribution in [-0.2, 0) is 0 Å². The van der Waals surface area contributed by atoms with Crippen LogP contribution in [-0.4, -0.2) is 12.6 Å². The largest absolute Gasteiger partial charge is 0.311 e. The highest BCUT2D eigenvalue weighted by molar-refractivity contribution is 7.19. The van der Waals surface area contributed by atoms with Crippen LogP contribution >= 0.6 is 0 Å². The van der Waals surface area contributed by atoms with E-state index in [4.69, 9.17) is 0 Å². The van der Waals surface area contributed by atoms with Gasteiger partial charge in [-0.2, -0.15) is 0 Å². The van der Waals surface area contributed by atoms with Gasteiger partial charge in [-0.05, 0) is 131 Å². The zero-order valence-electron chi connectivity index (χ0n) is 39.1. The summed E-state index contributed by atoms with van der Waals surface area (Å²) < 4.78 is 2.39. The van der Waals surface area contributed by atoms with Gasteiger partial charge in [-0.1, -0.05) is 224 Å². The molecule has 0 aliphatic heterocycles. The van der Waals surface area contributed by atoms with E-state index in [0.29, 0.717) is 0 Å². The fourth-order valence-corrected chi connectivity index (χ4v) is 16.1. The van der Waals surface area contributed by atoms with Crippen molar-refractivity contribution >= 4 is 89.2 Å². The fraction of sp³-hybridized carbons (Fsp3) is 0. The second-order valence-electron chi connectivity index (χ2n) is 18.4. The molecular weight excluding hydrogens is 873 g/mol. The van der Waals surface area contributed by atoms with Crippen LogP contribution in [0, 0.1) is 0 Å². The van der Waals surface area contributed by atoms with E-state index < -0.39 is 8.07 Å². The van der Waals surface area contributed by atoms with Gasteiger partial charge in [-0.3, -0.25) is 0 Å². The number of benzene rings is 12. The number of rotatable bonds is 10. The van der Waals surface area contributed by atoms with Gasteiger partial charge in [-0.15, -0.1) is 0 Å². The van der Waals surface area contributed by atoms with Gasteiger partial charge < -0.3 is 9.47 Å². The molecule has 2 nitrogen and oxygen atoms in total. The molecule has 12 aromatic carbocycles. The molecule has 0 amide bonds. The minimum Gasteiger partial charge on any atom is -0.311 e. The average Bonchev–Trinajstić information content (AvgIpc) is 3.80. The summed E-state index contributed by atoms with van der Waals surface area (Å²) in [5.74, 6) is 0. The predicted octanol–water partition coefficient (Wildman–Crippen LogP) is 15.3. The number of aromatic nitrogens is 1. The molecule has 0 atom stereocenters. The van der Waals surface area contributed by atoms with Crippen LogP contribution in [0.3, 0.4) is 0 Å². The van der Waals surface area contributed by atoms with Crippen molar-refractivity contribution in [3.05, 3.63) is 291 Å². The third-order valence-electron chi connectivity index (χ3n) is 14.5. The Morgan fingerprint density at radius 1 is 0.282 bits per heavy atom. The second-order valence-corrected chi connectivity index (χ2v) is 22.2. The molecule has 0 aliphatic carbocycles. The predicted molar refractivity (Wildman–Crippen MR) is 305 cm³/mol. The van der Waals surface area contributed by atoms with Crippen molar-refractivity contribution in [1.29, 1.82) is 0 Å². The average molecular weight is 921 g/mol. The van der Waals surface area contributed by atoms with Gasteiger partial charge in [0.25, 0.3) is 0 Å². The Morgan fingerprint density at radius 3 is 1.41 bits per heavy atom. The smallest absolute Gasteiger partial charge is 0.179 e. The normalized spacial score (nSPS) is 11.7. The first kappa shape index (κ1) is 42.1. The van der Waals surface area contributed by atoms with Crippen LogP contribution < -0.4 is 25.6 Å². The zero-order valence-corrected chi connectivity index (χ0v) is 40.1. The SMILES string of the molecule is c1ccc(-n2c3ccccc3c3c(-c4ccc(N(c5ccc(-c6ccc7ccc8ccccc8c7c6)cc5)c5cccc([Si](c6ccccc6)(c6ccccc6)c6ccccc6)c5)cc4)cccc32)cc1. The van der Waals surface area contributed by atoms with Crippen molar-refractivity contribution in [3.63, 3.8) is 0 Å². The minimum absolute atomic E-state index is 1.08. The molecule has 0 fully saturated rings. The summed E-state index contributed by atoms with van der Waals surface area (Å²) in [6, 6.07) is 108. The first-order valence-corrected chi connectivity index (χ1v) is 26.5. The van der Waals surface area contributed by atoms with Crippen LogP contribution in [0.1, 0.15) is 0 Å². The monoisotopic (exact) mass is 920 g/mol. The lowest BCUT2D eigenvalue weighted by atomic mass is 9.97. The van der Waals surface area contributed by atoms with Crippen molar-refractivity contribution in [2.45, 2.75) is 0 Å². The lowest BCUT2D eigenvalue weighted by Gasteiger charge is -2.35.